The van der Waals surface area contributed by atoms with Gasteiger partial charge in [0.05, 0.1) is 24.1 Å². The molecule has 1 aromatic rings. The van der Waals surface area contributed by atoms with Gasteiger partial charge >= 0.3 is 5.97 Å². The van der Waals surface area contributed by atoms with Crippen molar-refractivity contribution in [3.63, 3.8) is 0 Å². The van der Waals surface area contributed by atoms with Gasteiger partial charge in [0, 0.05) is 6.54 Å². The van der Waals surface area contributed by atoms with E-state index in [9.17, 15) is 4.79 Å². The van der Waals surface area contributed by atoms with Crippen LogP contribution in [0.25, 0.3) is 0 Å². The molecule has 1 aliphatic rings. The molecule has 0 amide bonds. The Morgan fingerprint density at radius 3 is 2.90 bits per heavy atom. The van der Waals surface area contributed by atoms with Crippen molar-refractivity contribution in [1.82, 2.24) is 4.98 Å². The normalized spacial score (nSPS) is 15.8. The molecule has 1 aromatic heterocycles. The summed E-state index contributed by atoms with van der Waals surface area (Å²) < 4.78 is 4.98. The molecule has 0 aromatic carbocycles. The van der Waals surface area contributed by atoms with Gasteiger partial charge in [0.2, 0.25) is 0 Å². The number of rotatable bonds is 5. The predicted molar refractivity (Wildman–Crippen MR) is 79.7 cm³/mol. The lowest BCUT2D eigenvalue weighted by molar-refractivity contribution is 0.0527. The summed E-state index contributed by atoms with van der Waals surface area (Å²) in [6, 6.07) is 1.68. The smallest absolute Gasteiger partial charge is 0.340 e. The summed E-state index contributed by atoms with van der Waals surface area (Å²) >= 11 is 0. The van der Waals surface area contributed by atoms with Crippen molar-refractivity contribution in [2.75, 3.05) is 24.2 Å². The first-order valence-electron chi connectivity index (χ1n) is 7.37. The van der Waals surface area contributed by atoms with Crippen molar-refractivity contribution in [3.8, 4) is 0 Å². The summed E-state index contributed by atoms with van der Waals surface area (Å²) in [4.78, 5) is 16.0. The minimum atomic E-state index is -0.395. The van der Waals surface area contributed by atoms with Crippen LogP contribution in [0.3, 0.4) is 0 Å². The van der Waals surface area contributed by atoms with Crippen LogP contribution in [-0.4, -0.2) is 24.1 Å². The van der Waals surface area contributed by atoms with E-state index in [1.165, 1.54) is 38.3 Å². The van der Waals surface area contributed by atoms with Crippen molar-refractivity contribution < 1.29 is 9.53 Å². The summed E-state index contributed by atoms with van der Waals surface area (Å²) in [6.07, 6.45) is 8.03. The molecule has 20 heavy (non-hydrogen) atoms. The van der Waals surface area contributed by atoms with E-state index in [0.29, 0.717) is 29.6 Å². The molecule has 0 bridgehead atoms. The molecular weight excluding hydrogens is 254 g/mol. The topological polar surface area (TPSA) is 77.2 Å². The molecule has 0 atom stereocenters. The number of nitrogen functional groups attached to an aromatic ring is 1. The van der Waals surface area contributed by atoms with Crippen molar-refractivity contribution in [3.05, 3.63) is 17.8 Å². The van der Waals surface area contributed by atoms with Gasteiger partial charge in [0.1, 0.15) is 5.82 Å². The van der Waals surface area contributed by atoms with Crippen LogP contribution in [0.5, 0.6) is 0 Å². The average Bonchev–Trinajstić information content (AvgIpc) is 2.47. The van der Waals surface area contributed by atoms with Gasteiger partial charge < -0.3 is 15.8 Å². The highest BCUT2D eigenvalue weighted by atomic mass is 16.5. The minimum absolute atomic E-state index is 0.339. The van der Waals surface area contributed by atoms with Crippen LogP contribution >= 0.6 is 0 Å². The molecular formula is C15H23N3O2. The van der Waals surface area contributed by atoms with Gasteiger partial charge in [-0.1, -0.05) is 19.3 Å². The van der Waals surface area contributed by atoms with Crippen LogP contribution < -0.4 is 11.1 Å². The Hall–Kier alpha value is -1.78. The Morgan fingerprint density at radius 1 is 1.45 bits per heavy atom. The number of nitrogens with two attached hydrogens (primary N) is 1. The van der Waals surface area contributed by atoms with Crippen molar-refractivity contribution in [2.24, 2.45) is 5.92 Å². The molecule has 1 fully saturated rings. The molecule has 0 saturated heterocycles. The van der Waals surface area contributed by atoms with E-state index >= 15 is 0 Å². The average molecular weight is 277 g/mol. The third-order valence-corrected chi connectivity index (χ3v) is 3.73. The van der Waals surface area contributed by atoms with Crippen molar-refractivity contribution in [2.45, 2.75) is 39.0 Å². The quantitative estimate of drug-likeness (QED) is 0.809. The lowest BCUT2D eigenvalue weighted by Gasteiger charge is -2.22. The first-order chi connectivity index (χ1) is 9.70. The standard InChI is InChI=1S/C15H23N3O2/c1-2-20-15(19)12-8-14(18-10-13(12)16)17-9-11-6-4-3-5-7-11/h8,10-11H,2-7,9,16H2,1H3,(H,17,18). The fourth-order valence-electron chi connectivity index (χ4n) is 2.59. The van der Waals surface area contributed by atoms with Gasteiger partial charge in [0.15, 0.2) is 0 Å². The van der Waals surface area contributed by atoms with Crippen LogP contribution in [-0.2, 0) is 4.74 Å². The van der Waals surface area contributed by atoms with E-state index in [2.05, 4.69) is 10.3 Å². The van der Waals surface area contributed by atoms with Crippen LogP contribution in [0.1, 0.15) is 49.4 Å². The van der Waals surface area contributed by atoms with Gasteiger partial charge in [-0.15, -0.1) is 0 Å². The second-order valence-corrected chi connectivity index (χ2v) is 5.26. The van der Waals surface area contributed by atoms with Crippen molar-refractivity contribution in [1.29, 1.82) is 0 Å². The molecule has 3 N–H and O–H groups in total. The Morgan fingerprint density at radius 2 is 2.20 bits per heavy atom. The number of aromatic nitrogens is 1. The number of hydrogen-bond donors (Lipinski definition) is 2. The van der Waals surface area contributed by atoms with E-state index in [4.69, 9.17) is 10.5 Å². The second kappa shape index (κ2) is 7.12. The monoisotopic (exact) mass is 277 g/mol. The molecule has 5 nitrogen and oxygen atoms in total. The third-order valence-electron chi connectivity index (χ3n) is 3.73. The molecule has 110 valence electrons. The highest BCUT2D eigenvalue weighted by Crippen LogP contribution is 2.24. The molecule has 0 unspecified atom stereocenters. The lowest BCUT2D eigenvalue weighted by Crippen LogP contribution is -2.18. The SMILES string of the molecule is CCOC(=O)c1cc(NCC2CCCCC2)ncc1N. The maximum atomic E-state index is 11.8. The van der Waals surface area contributed by atoms with Gasteiger partial charge in [-0.2, -0.15) is 0 Å². The molecule has 2 rings (SSSR count). The van der Waals surface area contributed by atoms with E-state index < -0.39 is 5.97 Å². The molecule has 0 aliphatic heterocycles. The molecule has 1 aliphatic carbocycles. The fourth-order valence-corrected chi connectivity index (χ4v) is 2.59. The Kier molecular flexibility index (Phi) is 5.21. The van der Waals surface area contributed by atoms with Crippen LogP contribution in [0.4, 0.5) is 11.5 Å². The number of nitrogens with zero attached hydrogens (tertiary/aromatic N) is 1. The van der Waals surface area contributed by atoms with Crippen LogP contribution in [0, 0.1) is 5.92 Å². The van der Waals surface area contributed by atoms with E-state index in [0.717, 1.165) is 6.54 Å². The third kappa shape index (κ3) is 3.85. The largest absolute Gasteiger partial charge is 0.462 e. The van der Waals surface area contributed by atoms with Gasteiger partial charge in [-0.25, -0.2) is 9.78 Å². The lowest BCUT2D eigenvalue weighted by atomic mass is 9.89. The second-order valence-electron chi connectivity index (χ2n) is 5.26. The van der Waals surface area contributed by atoms with E-state index in [1.54, 1.807) is 13.0 Å². The summed E-state index contributed by atoms with van der Waals surface area (Å²) in [6.45, 7) is 3.02. The first-order valence-corrected chi connectivity index (χ1v) is 7.37. The number of anilines is 2. The molecule has 1 heterocycles. The van der Waals surface area contributed by atoms with Crippen LogP contribution in [0.2, 0.25) is 0 Å². The Labute approximate surface area is 119 Å². The number of ether oxygens (including phenoxy) is 1. The Balaban J connectivity index is 1.97. The zero-order valence-electron chi connectivity index (χ0n) is 12.0. The maximum absolute atomic E-state index is 11.8. The van der Waals surface area contributed by atoms with Gasteiger partial charge in [-0.05, 0) is 31.7 Å². The number of hydrogen-bond acceptors (Lipinski definition) is 5. The van der Waals surface area contributed by atoms with E-state index in [1.807, 2.05) is 0 Å². The number of carbonyl (C=O) groups excluding carboxylic acids is 1. The molecule has 0 spiro atoms. The van der Waals surface area contributed by atoms with E-state index in [-0.39, 0.29) is 0 Å². The number of pyridine rings is 1. The number of esters is 1. The minimum Gasteiger partial charge on any atom is -0.462 e. The predicted octanol–water partition coefficient (Wildman–Crippen LogP) is 2.83. The Bertz CT molecular complexity index is 456. The zero-order valence-corrected chi connectivity index (χ0v) is 12.0. The van der Waals surface area contributed by atoms with Gasteiger partial charge in [0.25, 0.3) is 0 Å². The summed E-state index contributed by atoms with van der Waals surface area (Å²) in [5, 5.41) is 3.30. The molecule has 1 saturated carbocycles. The highest BCUT2D eigenvalue weighted by Gasteiger charge is 2.15. The summed E-state index contributed by atoms with van der Waals surface area (Å²) in [5.41, 5.74) is 6.50. The van der Waals surface area contributed by atoms with Gasteiger partial charge in [-0.3, -0.25) is 0 Å². The first kappa shape index (κ1) is 14.6. The maximum Gasteiger partial charge on any atom is 0.340 e. The fraction of sp³-hybridized carbons (Fsp3) is 0.600. The summed E-state index contributed by atoms with van der Waals surface area (Å²) in [5.74, 6) is 0.995. The number of carbonyl (C=O) groups is 1. The highest BCUT2D eigenvalue weighted by molar-refractivity contribution is 5.95. The molecule has 0 radical (unpaired) electrons. The van der Waals surface area contributed by atoms with Crippen molar-refractivity contribution >= 4 is 17.5 Å². The number of nitrogens with one attached hydrogen (secondary N) is 1. The molecule has 5 heteroatoms. The van der Waals surface area contributed by atoms with Crippen LogP contribution in [0.15, 0.2) is 12.3 Å². The zero-order chi connectivity index (χ0) is 14.4. The summed E-state index contributed by atoms with van der Waals surface area (Å²) in [7, 11) is 0.